The lowest BCUT2D eigenvalue weighted by atomic mass is 9.47. The minimum Gasteiger partial charge on any atom is -0.393 e. The third-order valence-corrected chi connectivity index (χ3v) is 7.95. The summed E-state index contributed by atoms with van der Waals surface area (Å²) in [6.45, 7) is 4.57. The molecule has 22 heavy (non-hydrogen) atoms. The van der Waals surface area contributed by atoms with E-state index in [2.05, 4.69) is 13.8 Å². The summed E-state index contributed by atoms with van der Waals surface area (Å²) in [5.41, 5.74) is 1.37. The Bertz CT molecular complexity index is 539. The maximum absolute atomic E-state index is 11.9. The summed E-state index contributed by atoms with van der Waals surface area (Å²) < 4.78 is 0. The highest BCUT2D eigenvalue weighted by molar-refractivity contribution is 5.95. The lowest BCUT2D eigenvalue weighted by Crippen LogP contribution is -2.52. The zero-order chi connectivity index (χ0) is 15.7. The first-order valence-corrected chi connectivity index (χ1v) is 8.97. The van der Waals surface area contributed by atoms with E-state index >= 15 is 0 Å². The summed E-state index contributed by atoms with van der Waals surface area (Å²) in [5.74, 6) is 1.74. The minimum atomic E-state index is -0.810. The van der Waals surface area contributed by atoms with Gasteiger partial charge in [0.2, 0.25) is 0 Å². The molecule has 0 radical (unpaired) electrons. The van der Waals surface area contributed by atoms with E-state index in [4.69, 9.17) is 0 Å². The molecule has 4 aliphatic rings. The normalized spacial score (nSPS) is 54.3. The molecule has 0 heterocycles. The van der Waals surface area contributed by atoms with Crippen molar-refractivity contribution in [2.45, 2.75) is 71.0 Å². The zero-order valence-corrected chi connectivity index (χ0v) is 13.7. The van der Waals surface area contributed by atoms with Crippen molar-refractivity contribution in [3.8, 4) is 0 Å². The molecule has 7 atom stereocenters. The Morgan fingerprint density at radius 2 is 1.86 bits per heavy atom. The van der Waals surface area contributed by atoms with Gasteiger partial charge in [0.1, 0.15) is 6.10 Å². The standard InChI is InChI=1S/C19H28O3/c1-18-8-7-14-12(13(18)5-6-17(18)22)4-3-11-9-15(20)16(21)10-19(11,14)2/h9,12-14,16-17,21-22H,3-8,10H2,1-2H3/t12-,13?,14?,16-,17-,18-,19-/m0/s1. The fourth-order valence-corrected chi connectivity index (χ4v) is 6.59. The Hall–Kier alpha value is -0.670. The van der Waals surface area contributed by atoms with Gasteiger partial charge < -0.3 is 10.2 Å². The first-order valence-electron chi connectivity index (χ1n) is 8.97. The van der Waals surface area contributed by atoms with Crippen molar-refractivity contribution in [3.05, 3.63) is 11.6 Å². The second-order valence-corrected chi connectivity index (χ2v) is 8.76. The molecule has 0 saturated heterocycles. The molecule has 0 amide bonds. The van der Waals surface area contributed by atoms with E-state index in [1.165, 1.54) is 5.57 Å². The fraction of sp³-hybridized carbons (Fsp3) is 0.842. The summed E-state index contributed by atoms with van der Waals surface area (Å²) in [6, 6.07) is 0. The predicted molar refractivity (Wildman–Crippen MR) is 84.1 cm³/mol. The maximum Gasteiger partial charge on any atom is 0.184 e. The monoisotopic (exact) mass is 304 g/mol. The van der Waals surface area contributed by atoms with E-state index in [-0.39, 0.29) is 22.7 Å². The van der Waals surface area contributed by atoms with Crippen molar-refractivity contribution in [3.63, 3.8) is 0 Å². The molecule has 4 rings (SSSR count). The van der Waals surface area contributed by atoms with Crippen LogP contribution >= 0.6 is 0 Å². The molecule has 3 fully saturated rings. The number of hydrogen-bond acceptors (Lipinski definition) is 3. The largest absolute Gasteiger partial charge is 0.393 e. The van der Waals surface area contributed by atoms with Crippen LogP contribution in [0, 0.1) is 28.6 Å². The Labute approximate surface area is 132 Å². The molecule has 0 bridgehead atoms. The number of aliphatic hydroxyl groups excluding tert-OH is 2. The van der Waals surface area contributed by atoms with E-state index in [1.54, 1.807) is 6.08 Å². The average Bonchev–Trinajstić information content (AvgIpc) is 2.77. The van der Waals surface area contributed by atoms with Gasteiger partial charge in [0.25, 0.3) is 0 Å². The number of carbonyl (C=O) groups is 1. The second kappa shape index (κ2) is 4.67. The Morgan fingerprint density at radius 3 is 2.64 bits per heavy atom. The van der Waals surface area contributed by atoms with E-state index in [1.807, 2.05) is 0 Å². The van der Waals surface area contributed by atoms with E-state index in [0.717, 1.165) is 38.5 Å². The Balaban J connectivity index is 1.70. The van der Waals surface area contributed by atoms with Crippen LogP contribution in [0.1, 0.15) is 58.8 Å². The SMILES string of the molecule is C[C@]12C[C@H](O)C(=O)C=C1CC[C@@H]1C2CC[C@@]2(C)C1CC[C@@H]2O. The van der Waals surface area contributed by atoms with Gasteiger partial charge in [-0.2, -0.15) is 0 Å². The van der Waals surface area contributed by atoms with Crippen molar-refractivity contribution in [2.75, 3.05) is 0 Å². The molecule has 4 aliphatic carbocycles. The first kappa shape index (κ1) is 14.9. The molecule has 0 aromatic heterocycles. The molecular weight excluding hydrogens is 276 g/mol. The van der Waals surface area contributed by atoms with Crippen LogP contribution in [0.4, 0.5) is 0 Å². The van der Waals surface area contributed by atoms with E-state index in [9.17, 15) is 15.0 Å². The maximum atomic E-state index is 11.9. The Kier molecular flexibility index (Phi) is 3.16. The summed E-state index contributed by atoms with van der Waals surface area (Å²) in [6.07, 6.45) is 7.88. The number of ketones is 1. The summed E-state index contributed by atoms with van der Waals surface area (Å²) in [5, 5.41) is 20.6. The molecule has 122 valence electrons. The molecule has 2 unspecified atom stereocenters. The third-order valence-electron chi connectivity index (χ3n) is 7.95. The van der Waals surface area contributed by atoms with E-state index in [0.29, 0.717) is 24.2 Å². The van der Waals surface area contributed by atoms with Crippen LogP contribution in [0.15, 0.2) is 11.6 Å². The average molecular weight is 304 g/mol. The van der Waals surface area contributed by atoms with Crippen molar-refractivity contribution in [2.24, 2.45) is 28.6 Å². The lowest BCUT2D eigenvalue weighted by molar-refractivity contribution is -0.128. The van der Waals surface area contributed by atoms with E-state index < -0.39 is 6.10 Å². The molecule has 0 aromatic rings. The highest BCUT2D eigenvalue weighted by Crippen LogP contribution is 2.65. The molecular formula is C19H28O3. The van der Waals surface area contributed by atoms with Crippen LogP contribution in [0.25, 0.3) is 0 Å². The lowest BCUT2D eigenvalue weighted by Gasteiger charge is -2.58. The van der Waals surface area contributed by atoms with Crippen molar-refractivity contribution in [1.82, 2.24) is 0 Å². The Morgan fingerprint density at radius 1 is 1.09 bits per heavy atom. The van der Waals surface area contributed by atoms with Crippen molar-refractivity contribution < 1.29 is 15.0 Å². The number of hydrogen-bond donors (Lipinski definition) is 2. The molecule has 3 heteroatoms. The van der Waals surface area contributed by atoms with Gasteiger partial charge in [-0.05, 0) is 79.6 Å². The number of allylic oxidation sites excluding steroid dienone is 1. The van der Waals surface area contributed by atoms with Gasteiger partial charge >= 0.3 is 0 Å². The second-order valence-electron chi connectivity index (χ2n) is 8.76. The molecule has 3 saturated carbocycles. The topological polar surface area (TPSA) is 57.5 Å². The zero-order valence-electron chi connectivity index (χ0n) is 13.7. The highest BCUT2D eigenvalue weighted by atomic mass is 16.3. The number of aliphatic hydroxyl groups is 2. The van der Waals surface area contributed by atoms with Gasteiger partial charge in [0.15, 0.2) is 5.78 Å². The molecule has 0 aromatic carbocycles. The van der Waals surface area contributed by atoms with Gasteiger partial charge in [-0.15, -0.1) is 0 Å². The number of carbonyl (C=O) groups excluding carboxylic acids is 1. The van der Waals surface area contributed by atoms with Gasteiger partial charge in [-0.1, -0.05) is 19.4 Å². The summed E-state index contributed by atoms with van der Waals surface area (Å²) in [7, 11) is 0. The van der Waals surface area contributed by atoms with Gasteiger partial charge in [0, 0.05) is 0 Å². The van der Waals surface area contributed by atoms with Crippen LogP contribution in [0.2, 0.25) is 0 Å². The van der Waals surface area contributed by atoms with Crippen molar-refractivity contribution in [1.29, 1.82) is 0 Å². The predicted octanol–water partition coefficient (Wildman–Crippen LogP) is 2.85. The molecule has 0 aliphatic heterocycles. The van der Waals surface area contributed by atoms with Gasteiger partial charge in [-0.3, -0.25) is 4.79 Å². The van der Waals surface area contributed by atoms with Crippen LogP contribution in [-0.4, -0.2) is 28.2 Å². The highest BCUT2D eigenvalue weighted by Gasteiger charge is 2.59. The van der Waals surface area contributed by atoms with Crippen LogP contribution in [-0.2, 0) is 4.79 Å². The molecule has 2 N–H and O–H groups in total. The molecule has 0 spiro atoms. The number of fused-ring (bicyclic) bond motifs is 5. The number of rotatable bonds is 0. The summed E-state index contributed by atoms with van der Waals surface area (Å²) >= 11 is 0. The quantitative estimate of drug-likeness (QED) is 0.723. The van der Waals surface area contributed by atoms with Crippen LogP contribution < -0.4 is 0 Å². The third kappa shape index (κ3) is 1.78. The van der Waals surface area contributed by atoms with Crippen LogP contribution in [0.3, 0.4) is 0 Å². The minimum absolute atomic E-state index is 0.00881. The first-order chi connectivity index (χ1) is 10.4. The summed E-state index contributed by atoms with van der Waals surface area (Å²) in [4.78, 5) is 11.9. The van der Waals surface area contributed by atoms with Crippen molar-refractivity contribution >= 4 is 5.78 Å². The molecule has 3 nitrogen and oxygen atoms in total. The van der Waals surface area contributed by atoms with Crippen LogP contribution in [0.5, 0.6) is 0 Å². The van der Waals surface area contributed by atoms with Gasteiger partial charge in [-0.25, -0.2) is 0 Å². The fourth-order valence-electron chi connectivity index (χ4n) is 6.59. The smallest absolute Gasteiger partial charge is 0.184 e. The van der Waals surface area contributed by atoms with Gasteiger partial charge in [0.05, 0.1) is 6.10 Å².